The van der Waals surface area contributed by atoms with Crippen LogP contribution in [-0.4, -0.2) is 34.5 Å². The number of hydrogen-bond donors (Lipinski definition) is 0. The molecule has 0 aliphatic carbocycles. The molecule has 5 heteroatoms. The second-order valence-electron chi connectivity index (χ2n) is 7.95. The van der Waals surface area contributed by atoms with E-state index in [0.717, 1.165) is 63.1 Å². The molecule has 0 spiro atoms. The van der Waals surface area contributed by atoms with Gasteiger partial charge in [-0.25, -0.2) is 0 Å². The van der Waals surface area contributed by atoms with Crippen LogP contribution in [0.3, 0.4) is 0 Å². The number of allylic oxidation sites excluding steroid dienone is 4. The number of alkyl halides is 1. The van der Waals surface area contributed by atoms with E-state index < -0.39 is 8.80 Å². The number of halogens is 1. The minimum Gasteiger partial charge on any atom is -0.377 e. The Kier molecular flexibility index (Phi) is 23.8. The lowest BCUT2D eigenvalue weighted by molar-refractivity contribution is 0.0752. The van der Waals surface area contributed by atoms with Crippen molar-refractivity contribution in [1.29, 1.82) is 0 Å². The Morgan fingerprint density at radius 1 is 0.633 bits per heavy atom. The predicted molar refractivity (Wildman–Crippen MR) is 138 cm³/mol. The molecule has 0 aromatic carbocycles. The topological polar surface area (TPSA) is 27.7 Å². The Bertz CT molecular complexity index is 374. The maximum atomic E-state index is 6.27. The lowest BCUT2D eigenvalue weighted by atomic mass is 10.2. The lowest BCUT2D eigenvalue weighted by Gasteiger charge is -2.28. The highest BCUT2D eigenvalue weighted by Gasteiger charge is 2.39. The number of unbranched alkanes of at least 4 members (excludes halogenated alkanes) is 9. The van der Waals surface area contributed by atoms with Crippen LogP contribution < -0.4 is 0 Å². The molecule has 0 aliphatic heterocycles. The summed E-state index contributed by atoms with van der Waals surface area (Å²) in [6.07, 6.45) is 25.9. The van der Waals surface area contributed by atoms with Gasteiger partial charge in [-0.2, -0.15) is 0 Å². The van der Waals surface area contributed by atoms with Gasteiger partial charge in [0.2, 0.25) is 0 Å². The van der Waals surface area contributed by atoms with Crippen LogP contribution in [0.2, 0.25) is 6.04 Å². The van der Waals surface area contributed by atoms with E-state index in [2.05, 4.69) is 54.1 Å². The molecular formula is C25H49BrO3Si. The van der Waals surface area contributed by atoms with Gasteiger partial charge in [-0.1, -0.05) is 79.8 Å². The molecule has 0 rings (SSSR count). The molecule has 30 heavy (non-hydrogen) atoms. The number of rotatable bonds is 23. The second kappa shape index (κ2) is 23.7. The van der Waals surface area contributed by atoms with Crippen molar-refractivity contribution in [1.82, 2.24) is 0 Å². The summed E-state index contributed by atoms with van der Waals surface area (Å²) in [5, 5.41) is 1.02. The van der Waals surface area contributed by atoms with Crippen LogP contribution >= 0.6 is 15.9 Å². The third-order valence-corrected chi connectivity index (χ3v) is 8.57. The van der Waals surface area contributed by atoms with E-state index in [9.17, 15) is 0 Å². The normalized spacial score (nSPS) is 12.5. The van der Waals surface area contributed by atoms with Crippen LogP contribution in [0.4, 0.5) is 0 Å². The standard InChI is InChI=1S/C25H49BrO3Si/c1-4-6-8-10-12-14-16-19-23-28-30(27-3,25-21-18-22-26)29-24-20-17-15-13-11-9-7-5-2/h12-15H,4-11,16-25H2,1-3H3/b14-12-,15-13-. The van der Waals surface area contributed by atoms with E-state index in [1.165, 1.54) is 51.4 Å². The molecule has 0 N–H and O–H groups in total. The van der Waals surface area contributed by atoms with Crippen LogP contribution in [0, 0.1) is 0 Å². The third-order valence-electron chi connectivity index (χ3n) is 5.13. The fourth-order valence-corrected chi connectivity index (χ4v) is 6.00. The molecule has 0 saturated heterocycles. The SMILES string of the molecule is CCCCC/C=C\CCCO[Si](CCCCBr)(OC)OCCC/C=C\CCCCC. The van der Waals surface area contributed by atoms with Crippen LogP contribution in [-0.2, 0) is 13.3 Å². The van der Waals surface area contributed by atoms with Gasteiger partial charge in [-0.05, 0) is 64.2 Å². The molecule has 0 amide bonds. The predicted octanol–water partition coefficient (Wildman–Crippen LogP) is 8.61. The average molecular weight is 506 g/mol. The van der Waals surface area contributed by atoms with Crippen LogP contribution in [0.5, 0.6) is 0 Å². The largest absolute Gasteiger partial charge is 0.500 e. The van der Waals surface area contributed by atoms with E-state index in [4.69, 9.17) is 13.3 Å². The summed E-state index contributed by atoms with van der Waals surface area (Å²) < 4.78 is 18.4. The first-order chi connectivity index (χ1) is 14.7. The minimum absolute atomic E-state index is 0.727. The maximum absolute atomic E-state index is 6.27. The monoisotopic (exact) mass is 504 g/mol. The first-order valence-corrected chi connectivity index (χ1v) is 15.5. The van der Waals surface area contributed by atoms with Crippen LogP contribution in [0.15, 0.2) is 24.3 Å². The minimum atomic E-state index is -2.55. The first kappa shape index (κ1) is 30.1. The fourth-order valence-electron chi connectivity index (χ4n) is 3.20. The van der Waals surface area contributed by atoms with Gasteiger partial charge < -0.3 is 13.3 Å². The highest BCUT2D eigenvalue weighted by molar-refractivity contribution is 9.09. The average Bonchev–Trinajstić information content (AvgIpc) is 2.76. The lowest BCUT2D eigenvalue weighted by Crippen LogP contribution is -2.45. The summed E-state index contributed by atoms with van der Waals surface area (Å²) in [6, 6.07) is 0.912. The van der Waals surface area contributed by atoms with Crippen molar-refractivity contribution >= 4 is 24.7 Å². The Morgan fingerprint density at radius 2 is 1.10 bits per heavy atom. The molecule has 3 nitrogen and oxygen atoms in total. The Morgan fingerprint density at radius 3 is 1.50 bits per heavy atom. The Labute approximate surface area is 197 Å². The van der Waals surface area contributed by atoms with Gasteiger partial charge in [-0.3, -0.25) is 0 Å². The summed E-state index contributed by atoms with van der Waals surface area (Å²) in [6.45, 7) is 5.95. The van der Waals surface area contributed by atoms with Crippen molar-refractivity contribution in [3.8, 4) is 0 Å². The molecule has 0 fully saturated rings. The maximum Gasteiger partial charge on any atom is 0.500 e. The van der Waals surface area contributed by atoms with Gasteiger partial charge in [0.1, 0.15) is 0 Å². The summed E-state index contributed by atoms with van der Waals surface area (Å²) in [7, 11) is -0.782. The van der Waals surface area contributed by atoms with Gasteiger partial charge >= 0.3 is 8.80 Å². The zero-order valence-electron chi connectivity index (χ0n) is 20.1. The second-order valence-corrected chi connectivity index (χ2v) is 11.6. The van der Waals surface area contributed by atoms with E-state index in [1.54, 1.807) is 7.11 Å². The molecule has 0 atom stereocenters. The van der Waals surface area contributed by atoms with E-state index in [-0.39, 0.29) is 0 Å². The molecule has 0 aromatic rings. The summed E-state index contributed by atoms with van der Waals surface area (Å²) in [5.41, 5.74) is 0. The van der Waals surface area contributed by atoms with Crippen molar-refractivity contribution in [2.45, 2.75) is 110 Å². The Hall–Kier alpha value is 0.0569. The number of hydrogen-bond acceptors (Lipinski definition) is 3. The summed E-state index contributed by atoms with van der Waals surface area (Å²) in [4.78, 5) is 0. The highest BCUT2D eigenvalue weighted by atomic mass is 79.9. The first-order valence-electron chi connectivity index (χ1n) is 12.4. The van der Waals surface area contributed by atoms with Crippen LogP contribution in [0.25, 0.3) is 0 Å². The van der Waals surface area contributed by atoms with Gasteiger partial charge in [0, 0.05) is 31.7 Å². The molecule has 0 radical (unpaired) electrons. The van der Waals surface area contributed by atoms with Crippen molar-refractivity contribution in [2.75, 3.05) is 25.7 Å². The molecular weight excluding hydrogens is 456 g/mol. The molecule has 0 saturated carbocycles. The van der Waals surface area contributed by atoms with Gasteiger partial charge in [0.25, 0.3) is 0 Å². The van der Waals surface area contributed by atoms with E-state index >= 15 is 0 Å². The summed E-state index contributed by atoms with van der Waals surface area (Å²) >= 11 is 3.52. The van der Waals surface area contributed by atoms with Crippen LogP contribution in [0.1, 0.15) is 104 Å². The van der Waals surface area contributed by atoms with Crippen molar-refractivity contribution in [3.05, 3.63) is 24.3 Å². The smallest absolute Gasteiger partial charge is 0.377 e. The molecule has 0 bridgehead atoms. The molecule has 0 unspecified atom stereocenters. The van der Waals surface area contributed by atoms with E-state index in [1.807, 2.05) is 0 Å². The van der Waals surface area contributed by atoms with Crippen molar-refractivity contribution in [3.63, 3.8) is 0 Å². The van der Waals surface area contributed by atoms with Gasteiger partial charge in [0.05, 0.1) is 0 Å². The molecule has 0 heterocycles. The fraction of sp³-hybridized carbons (Fsp3) is 0.840. The third kappa shape index (κ3) is 18.8. The quantitative estimate of drug-likeness (QED) is 0.0602. The van der Waals surface area contributed by atoms with Gasteiger partial charge in [0.15, 0.2) is 0 Å². The highest BCUT2D eigenvalue weighted by Crippen LogP contribution is 2.20. The molecule has 178 valence electrons. The zero-order chi connectivity index (χ0) is 22.2. The molecule has 0 aromatic heterocycles. The zero-order valence-corrected chi connectivity index (χ0v) is 22.7. The van der Waals surface area contributed by atoms with E-state index in [0.29, 0.717) is 0 Å². The van der Waals surface area contributed by atoms with Crippen molar-refractivity contribution < 1.29 is 13.3 Å². The van der Waals surface area contributed by atoms with Gasteiger partial charge in [-0.15, -0.1) is 0 Å². The van der Waals surface area contributed by atoms with Crippen molar-refractivity contribution in [2.24, 2.45) is 0 Å². The summed E-state index contributed by atoms with van der Waals surface area (Å²) in [5.74, 6) is 0. The molecule has 0 aliphatic rings. The Balaban J connectivity index is 4.19.